The molecule has 0 N–H and O–H groups in total. The van der Waals surface area contributed by atoms with Crippen molar-refractivity contribution in [1.82, 2.24) is 4.57 Å². The molecular formula is C74H62BN3O. The van der Waals surface area contributed by atoms with Gasteiger partial charge in [-0.2, -0.15) is 0 Å². The number of para-hydroxylation sites is 4. The topological polar surface area (TPSA) is 20.6 Å². The molecule has 0 amide bonds. The van der Waals surface area contributed by atoms with Gasteiger partial charge in [0.2, 0.25) is 0 Å². The highest BCUT2D eigenvalue weighted by atomic mass is 16.5. The van der Waals surface area contributed by atoms with E-state index in [2.05, 4.69) is 266 Å². The minimum Gasteiger partial charge on any atom is -0.456 e. The van der Waals surface area contributed by atoms with E-state index >= 15 is 0 Å². The third kappa shape index (κ3) is 7.42. The minimum atomic E-state index is -0.182. The van der Waals surface area contributed by atoms with Crippen LogP contribution < -0.4 is 30.9 Å². The Morgan fingerprint density at radius 3 is 1.53 bits per heavy atom. The predicted molar refractivity (Wildman–Crippen MR) is 331 cm³/mol. The largest absolute Gasteiger partial charge is 0.456 e. The van der Waals surface area contributed by atoms with Crippen molar-refractivity contribution in [2.75, 3.05) is 9.80 Å². The smallest absolute Gasteiger partial charge is 0.256 e. The molecule has 79 heavy (non-hydrogen) atoms. The van der Waals surface area contributed by atoms with E-state index in [1.54, 1.807) is 0 Å². The molecule has 5 heteroatoms. The molecular weight excluding hydrogens is 958 g/mol. The lowest BCUT2D eigenvalue weighted by Gasteiger charge is -2.62. The van der Waals surface area contributed by atoms with E-state index in [-0.39, 0.29) is 17.7 Å². The Morgan fingerprint density at radius 1 is 0.456 bits per heavy atom. The maximum atomic E-state index is 7.99. The molecule has 4 aliphatic carbocycles. The van der Waals surface area contributed by atoms with Crippen molar-refractivity contribution < 1.29 is 4.74 Å². The van der Waals surface area contributed by atoms with E-state index in [1.165, 1.54) is 116 Å². The zero-order chi connectivity index (χ0) is 52.6. The van der Waals surface area contributed by atoms with Crippen LogP contribution in [0.25, 0.3) is 60.9 Å². The number of hydrogen-bond acceptors (Lipinski definition) is 3. The molecule has 4 bridgehead atoms. The second-order valence-corrected chi connectivity index (χ2v) is 24.7. The molecule has 4 saturated carbocycles. The highest BCUT2D eigenvalue weighted by Gasteiger charge is 2.57. The first-order valence-corrected chi connectivity index (χ1v) is 28.9. The molecule has 0 unspecified atom stereocenters. The molecule has 4 fully saturated rings. The third-order valence-electron chi connectivity index (χ3n) is 18.8. The fourth-order valence-electron chi connectivity index (χ4n) is 15.8. The van der Waals surface area contributed by atoms with Crippen LogP contribution >= 0.6 is 0 Å². The lowest BCUT2D eigenvalue weighted by atomic mass is 9.33. The van der Waals surface area contributed by atoms with E-state index in [4.69, 9.17) is 4.74 Å². The van der Waals surface area contributed by atoms with Gasteiger partial charge in [0.15, 0.2) is 0 Å². The van der Waals surface area contributed by atoms with Crippen molar-refractivity contribution in [3.63, 3.8) is 0 Å². The number of rotatable bonds is 8. The maximum Gasteiger partial charge on any atom is 0.256 e. The Hall–Kier alpha value is -8.54. The van der Waals surface area contributed by atoms with Gasteiger partial charge < -0.3 is 19.1 Å². The van der Waals surface area contributed by atoms with Gasteiger partial charge in [-0.1, -0.05) is 185 Å². The fraction of sp³-hybridized carbons (Fsp3) is 0.189. The number of benzene rings is 10. The molecule has 0 saturated heterocycles. The van der Waals surface area contributed by atoms with Crippen LogP contribution in [0.3, 0.4) is 0 Å². The summed E-state index contributed by atoms with van der Waals surface area (Å²) in [6.45, 7) is 6.74. The standard InChI is InChI=1S/C74H62BN3O/c1-73(2,3)55-34-32-51(33-35-55)54-39-68-71-70(40-54)79-72-64(41-58(76(56-24-12-6-13-25-56)57-26-14-7-15-27-57)42-69(72)77-65-30-18-16-28-59(65)60-29-17-19-31-66(60)77)75(71)63-43-61(52-20-8-4-9-21-52)62(53-22-10-5-11-23-53)44-67(63)78(68)74-45-48-36-49(46-74)38-50(37-48)47-74/h4-35,39-44,48-50H,36-38,45-47H2,1-3H3. The normalized spacial score (nSPS) is 19.5. The maximum absolute atomic E-state index is 7.99. The van der Waals surface area contributed by atoms with Crippen molar-refractivity contribution in [2.24, 2.45) is 17.8 Å². The van der Waals surface area contributed by atoms with Crippen LogP contribution in [0, 0.1) is 17.8 Å². The number of fused-ring (bicyclic) bond motifs is 7. The molecule has 17 rings (SSSR count). The molecule has 0 spiro atoms. The summed E-state index contributed by atoms with van der Waals surface area (Å²) in [5, 5.41) is 2.43. The summed E-state index contributed by atoms with van der Waals surface area (Å²) in [4.78, 5) is 5.39. The lowest BCUT2D eigenvalue weighted by molar-refractivity contribution is 0.000634. The molecule has 3 heterocycles. The summed E-state index contributed by atoms with van der Waals surface area (Å²) in [6.07, 6.45) is 7.75. The van der Waals surface area contributed by atoms with Gasteiger partial charge in [0.05, 0.1) is 16.7 Å². The summed E-state index contributed by atoms with van der Waals surface area (Å²) >= 11 is 0. The summed E-state index contributed by atoms with van der Waals surface area (Å²) in [5.74, 6) is 4.05. The van der Waals surface area contributed by atoms with Crippen LogP contribution in [-0.4, -0.2) is 16.8 Å². The molecule has 2 aliphatic heterocycles. The quantitative estimate of drug-likeness (QED) is 0.142. The highest BCUT2D eigenvalue weighted by Crippen LogP contribution is 2.61. The van der Waals surface area contributed by atoms with Crippen LogP contribution in [0.15, 0.2) is 231 Å². The zero-order valence-corrected chi connectivity index (χ0v) is 45.2. The Kier molecular flexibility index (Phi) is 10.5. The molecule has 6 aliphatic rings. The average molecular weight is 1020 g/mol. The number of anilines is 5. The molecule has 10 aromatic carbocycles. The van der Waals surface area contributed by atoms with Crippen LogP contribution in [-0.2, 0) is 5.41 Å². The van der Waals surface area contributed by atoms with E-state index in [1.807, 2.05) is 0 Å². The third-order valence-corrected chi connectivity index (χ3v) is 18.8. The summed E-state index contributed by atoms with van der Waals surface area (Å²) in [5.41, 5.74) is 21.7. The number of hydrogen-bond donors (Lipinski definition) is 0. The first-order valence-electron chi connectivity index (χ1n) is 28.9. The molecule has 11 aromatic rings. The van der Waals surface area contributed by atoms with E-state index < -0.39 is 0 Å². The Bertz CT molecular complexity index is 4050. The van der Waals surface area contributed by atoms with E-state index in [0.29, 0.717) is 0 Å². The van der Waals surface area contributed by atoms with E-state index in [0.717, 1.165) is 63.0 Å². The van der Waals surface area contributed by atoms with Crippen molar-refractivity contribution in [3.8, 4) is 50.6 Å². The van der Waals surface area contributed by atoms with Gasteiger partial charge >= 0.3 is 0 Å². The van der Waals surface area contributed by atoms with Crippen molar-refractivity contribution in [2.45, 2.75) is 70.3 Å². The predicted octanol–water partition coefficient (Wildman–Crippen LogP) is 17.6. The SMILES string of the molecule is CC(C)(C)c1ccc(-c2cc3c4c(c2)N(C25CC6CC(CC(C6)C2)C5)c2cc(-c5ccccc5)c(-c5ccccc5)cc2B4c2cc(N(c4ccccc4)c4ccccc4)cc(-n4c5ccccc5c5ccccc54)c2O3)cc1. The Balaban J connectivity index is 1.05. The summed E-state index contributed by atoms with van der Waals surface area (Å²) < 4.78 is 10.5. The summed E-state index contributed by atoms with van der Waals surface area (Å²) in [6, 6.07) is 86.5. The molecule has 0 atom stereocenters. The van der Waals surface area contributed by atoms with Gasteiger partial charge in [0, 0.05) is 44.7 Å². The van der Waals surface area contributed by atoms with Crippen LogP contribution in [0.1, 0.15) is 64.9 Å². The lowest BCUT2D eigenvalue weighted by Crippen LogP contribution is -2.66. The van der Waals surface area contributed by atoms with Gasteiger partial charge in [-0.05, 0) is 184 Å². The van der Waals surface area contributed by atoms with Gasteiger partial charge in [-0.3, -0.25) is 0 Å². The number of aromatic nitrogens is 1. The molecule has 1 aromatic heterocycles. The monoisotopic (exact) mass is 1020 g/mol. The molecule has 382 valence electrons. The molecule has 0 radical (unpaired) electrons. The number of nitrogens with zero attached hydrogens (tertiary/aromatic N) is 3. The first-order chi connectivity index (χ1) is 38.7. The van der Waals surface area contributed by atoms with Crippen molar-refractivity contribution >= 4 is 73.3 Å². The van der Waals surface area contributed by atoms with Gasteiger partial charge in [0.25, 0.3) is 6.71 Å². The Morgan fingerprint density at radius 2 is 0.975 bits per heavy atom. The first kappa shape index (κ1) is 46.6. The second-order valence-electron chi connectivity index (χ2n) is 24.7. The van der Waals surface area contributed by atoms with Gasteiger partial charge in [0.1, 0.15) is 11.5 Å². The second kappa shape index (κ2) is 17.7. The van der Waals surface area contributed by atoms with Crippen molar-refractivity contribution in [1.29, 1.82) is 0 Å². The summed E-state index contributed by atoms with van der Waals surface area (Å²) in [7, 11) is 0. The van der Waals surface area contributed by atoms with E-state index in [9.17, 15) is 0 Å². The highest BCUT2D eigenvalue weighted by molar-refractivity contribution is 6.99. The van der Waals surface area contributed by atoms with Crippen LogP contribution in [0.4, 0.5) is 28.4 Å². The van der Waals surface area contributed by atoms with Crippen LogP contribution in [0.5, 0.6) is 11.5 Å². The van der Waals surface area contributed by atoms with Gasteiger partial charge in [-0.15, -0.1) is 0 Å². The number of ether oxygens (including phenoxy) is 1. The fourth-order valence-corrected chi connectivity index (χ4v) is 15.8. The van der Waals surface area contributed by atoms with Gasteiger partial charge in [-0.25, -0.2) is 0 Å². The van der Waals surface area contributed by atoms with Crippen molar-refractivity contribution in [3.05, 3.63) is 236 Å². The average Bonchev–Trinajstić information content (AvgIpc) is 2.83. The zero-order valence-electron chi connectivity index (χ0n) is 45.2. The minimum absolute atomic E-state index is 0.0349. The Labute approximate surface area is 464 Å². The van der Waals surface area contributed by atoms with Crippen LogP contribution in [0.2, 0.25) is 0 Å². The molecule has 4 nitrogen and oxygen atoms in total.